The highest BCUT2D eigenvalue weighted by Crippen LogP contribution is 2.18. The van der Waals surface area contributed by atoms with E-state index in [1.807, 2.05) is 18.2 Å². The summed E-state index contributed by atoms with van der Waals surface area (Å²) in [6.45, 7) is 2.20. The minimum Gasteiger partial charge on any atom is -0.398 e. The van der Waals surface area contributed by atoms with Gasteiger partial charge in [0.2, 0.25) is 0 Å². The lowest BCUT2D eigenvalue weighted by Gasteiger charge is -2.09. The van der Waals surface area contributed by atoms with E-state index >= 15 is 0 Å². The van der Waals surface area contributed by atoms with Crippen LogP contribution in [0, 0.1) is 0 Å². The Morgan fingerprint density at radius 1 is 1.28 bits per heavy atom. The lowest BCUT2D eigenvalue weighted by Crippen LogP contribution is -2.03. The Labute approximate surface area is 106 Å². The van der Waals surface area contributed by atoms with Crippen molar-refractivity contribution < 1.29 is 4.79 Å². The van der Waals surface area contributed by atoms with E-state index in [1.165, 1.54) is 6.92 Å². The molecule has 0 atom stereocenters. The number of benzene rings is 1. The van der Waals surface area contributed by atoms with Crippen LogP contribution in [0.1, 0.15) is 22.8 Å². The fourth-order valence-corrected chi connectivity index (χ4v) is 1.68. The van der Waals surface area contributed by atoms with Crippen molar-refractivity contribution in [1.82, 2.24) is 4.98 Å². The molecule has 92 valence electrons. The van der Waals surface area contributed by atoms with Crippen LogP contribution in [0.3, 0.4) is 0 Å². The molecular formula is C14H15N3O. The molecule has 0 saturated carbocycles. The zero-order chi connectivity index (χ0) is 13.0. The number of carbonyl (C=O) groups excluding carboxylic acids is 1. The smallest absolute Gasteiger partial charge is 0.161 e. The standard InChI is InChI=1S/C14H15N3O/c1-10(18)13-8-12(2-3-14(13)15)17-9-11-4-6-16-7-5-11/h2-8,17H,9,15H2,1H3. The van der Waals surface area contributed by atoms with Crippen molar-refractivity contribution in [2.24, 2.45) is 0 Å². The molecule has 3 N–H and O–H groups in total. The second-order valence-corrected chi connectivity index (χ2v) is 4.07. The summed E-state index contributed by atoms with van der Waals surface area (Å²) < 4.78 is 0. The molecule has 0 aliphatic rings. The number of pyridine rings is 1. The van der Waals surface area contributed by atoms with Crippen LogP contribution >= 0.6 is 0 Å². The van der Waals surface area contributed by atoms with Crippen LogP contribution in [-0.2, 0) is 6.54 Å². The third-order valence-electron chi connectivity index (χ3n) is 2.68. The Balaban J connectivity index is 2.11. The van der Waals surface area contributed by atoms with Crippen LogP contribution in [0.25, 0.3) is 0 Å². The van der Waals surface area contributed by atoms with Crippen molar-refractivity contribution in [3.05, 3.63) is 53.9 Å². The molecule has 0 aliphatic heterocycles. The SMILES string of the molecule is CC(=O)c1cc(NCc2ccncc2)ccc1N. The van der Waals surface area contributed by atoms with Gasteiger partial charge in [0.15, 0.2) is 5.78 Å². The zero-order valence-corrected chi connectivity index (χ0v) is 10.2. The number of nitrogens with zero attached hydrogens (tertiary/aromatic N) is 1. The molecule has 18 heavy (non-hydrogen) atoms. The molecule has 0 saturated heterocycles. The number of anilines is 2. The molecule has 0 bridgehead atoms. The molecule has 1 aromatic heterocycles. The minimum absolute atomic E-state index is 0.0277. The van der Waals surface area contributed by atoms with Gasteiger partial charge < -0.3 is 11.1 Å². The lowest BCUT2D eigenvalue weighted by atomic mass is 10.1. The fraction of sp³-hybridized carbons (Fsp3) is 0.143. The molecule has 1 aromatic carbocycles. The van der Waals surface area contributed by atoms with Crippen LogP contribution in [0.2, 0.25) is 0 Å². The Hall–Kier alpha value is -2.36. The summed E-state index contributed by atoms with van der Waals surface area (Å²) >= 11 is 0. The maximum Gasteiger partial charge on any atom is 0.161 e. The highest BCUT2D eigenvalue weighted by atomic mass is 16.1. The van der Waals surface area contributed by atoms with Crippen LogP contribution in [-0.4, -0.2) is 10.8 Å². The normalized spacial score (nSPS) is 10.1. The minimum atomic E-state index is -0.0277. The summed E-state index contributed by atoms with van der Waals surface area (Å²) in [5.41, 5.74) is 8.81. The summed E-state index contributed by atoms with van der Waals surface area (Å²) in [7, 11) is 0. The number of hydrogen-bond acceptors (Lipinski definition) is 4. The number of ketones is 1. The van der Waals surface area contributed by atoms with Crippen molar-refractivity contribution in [2.45, 2.75) is 13.5 Å². The number of rotatable bonds is 4. The van der Waals surface area contributed by atoms with Gasteiger partial charge in [0.1, 0.15) is 0 Å². The van der Waals surface area contributed by atoms with E-state index in [-0.39, 0.29) is 5.78 Å². The quantitative estimate of drug-likeness (QED) is 0.637. The molecular weight excluding hydrogens is 226 g/mol. The molecule has 0 aliphatic carbocycles. The van der Waals surface area contributed by atoms with E-state index in [4.69, 9.17) is 5.73 Å². The number of hydrogen-bond donors (Lipinski definition) is 2. The van der Waals surface area contributed by atoms with Gasteiger partial charge in [-0.05, 0) is 42.8 Å². The molecule has 0 amide bonds. The van der Waals surface area contributed by atoms with Gasteiger partial charge >= 0.3 is 0 Å². The first kappa shape index (κ1) is 12.1. The van der Waals surface area contributed by atoms with Crippen molar-refractivity contribution in [1.29, 1.82) is 0 Å². The Morgan fingerprint density at radius 2 is 2.00 bits per heavy atom. The van der Waals surface area contributed by atoms with Crippen LogP contribution in [0.5, 0.6) is 0 Å². The fourth-order valence-electron chi connectivity index (χ4n) is 1.68. The van der Waals surface area contributed by atoms with Crippen molar-refractivity contribution in [2.75, 3.05) is 11.1 Å². The molecule has 4 nitrogen and oxygen atoms in total. The van der Waals surface area contributed by atoms with E-state index in [9.17, 15) is 4.79 Å². The number of carbonyl (C=O) groups is 1. The van der Waals surface area contributed by atoms with Crippen molar-refractivity contribution in [3.8, 4) is 0 Å². The second-order valence-electron chi connectivity index (χ2n) is 4.07. The van der Waals surface area contributed by atoms with Gasteiger partial charge in [0, 0.05) is 35.9 Å². The Kier molecular flexibility index (Phi) is 3.57. The van der Waals surface area contributed by atoms with Gasteiger partial charge in [-0.25, -0.2) is 0 Å². The van der Waals surface area contributed by atoms with Gasteiger partial charge in [-0.15, -0.1) is 0 Å². The molecule has 1 heterocycles. The third kappa shape index (κ3) is 2.85. The van der Waals surface area contributed by atoms with Crippen molar-refractivity contribution in [3.63, 3.8) is 0 Å². The maximum absolute atomic E-state index is 11.4. The molecule has 2 aromatic rings. The Morgan fingerprint density at radius 3 is 2.67 bits per heavy atom. The lowest BCUT2D eigenvalue weighted by molar-refractivity contribution is 0.101. The number of nitrogens with two attached hydrogens (primary N) is 1. The van der Waals surface area contributed by atoms with Gasteiger partial charge in [-0.2, -0.15) is 0 Å². The molecule has 0 fully saturated rings. The topological polar surface area (TPSA) is 68.0 Å². The summed E-state index contributed by atoms with van der Waals surface area (Å²) in [4.78, 5) is 15.3. The largest absolute Gasteiger partial charge is 0.398 e. The summed E-state index contributed by atoms with van der Waals surface area (Å²) in [6, 6.07) is 9.26. The Bertz CT molecular complexity index is 552. The highest BCUT2D eigenvalue weighted by molar-refractivity contribution is 5.99. The number of nitrogen functional groups attached to an aromatic ring is 1. The van der Waals surface area contributed by atoms with Gasteiger partial charge in [-0.1, -0.05) is 0 Å². The first-order valence-corrected chi connectivity index (χ1v) is 5.70. The summed E-state index contributed by atoms with van der Waals surface area (Å²) in [5.74, 6) is -0.0277. The molecule has 0 unspecified atom stereocenters. The first-order valence-electron chi connectivity index (χ1n) is 5.70. The van der Waals surface area contributed by atoms with E-state index in [2.05, 4.69) is 10.3 Å². The number of aromatic nitrogens is 1. The summed E-state index contributed by atoms with van der Waals surface area (Å²) in [5, 5.41) is 3.25. The van der Waals surface area contributed by atoms with Gasteiger partial charge in [0.05, 0.1) is 0 Å². The first-order chi connectivity index (χ1) is 8.66. The number of Topliss-reactive ketones (excluding diaryl/α,β-unsaturated/α-hetero) is 1. The van der Waals surface area contributed by atoms with Gasteiger partial charge in [0.25, 0.3) is 0 Å². The predicted molar refractivity (Wildman–Crippen MR) is 72.4 cm³/mol. The van der Waals surface area contributed by atoms with Crippen LogP contribution < -0.4 is 11.1 Å². The van der Waals surface area contributed by atoms with E-state index in [1.54, 1.807) is 24.5 Å². The van der Waals surface area contributed by atoms with E-state index < -0.39 is 0 Å². The highest BCUT2D eigenvalue weighted by Gasteiger charge is 2.05. The predicted octanol–water partition coefficient (Wildman–Crippen LogP) is 2.48. The second kappa shape index (κ2) is 5.31. The molecule has 0 spiro atoms. The zero-order valence-electron chi connectivity index (χ0n) is 10.2. The average molecular weight is 241 g/mol. The van der Waals surface area contributed by atoms with Crippen LogP contribution in [0.4, 0.5) is 11.4 Å². The monoisotopic (exact) mass is 241 g/mol. The van der Waals surface area contributed by atoms with E-state index in [0.29, 0.717) is 17.8 Å². The molecule has 0 radical (unpaired) electrons. The van der Waals surface area contributed by atoms with Gasteiger partial charge in [-0.3, -0.25) is 9.78 Å². The summed E-state index contributed by atoms with van der Waals surface area (Å²) in [6.07, 6.45) is 3.50. The van der Waals surface area contributed by atoms with E-state index in [0.717, 1.165) is 11.3 Å². The molecule has 2 rings (SSSR count). The maximum atomic E-state index is 11.4. The van der Waals surface area contributed by atoms with Crippen LogP contribution in [0.15, 0.2) is 42.7 Å². The third-order valence-corrected chi connectivity index (χ3v) is 2.68. The van der Waals surface area contributed by atoms with Crippen molar-refractivity contribution >= 4 is 17.2 Å². The average Bonchev–Trinajstić information content (AvgIpc) is 2.38. The number of nitrogens with one attached hydrogen (secondary N) is 1. The molecule has 4 heteroatoms.